The van der Waals surface area contributed by atoms with Crippen molar-refractivity contribution in [3.8, 4) is 0 Å². The van der Waals surface area contributed by atoms with Crippen molar-refractivity contribution in [2.75, 3.05) is 25.4 Å². The highest BCUT2D eigenvalue weighted by molar-refractivity contribution is 7.85. The number of hydrogen-bond acceptors (Lipinski definition) is 6. The smallest absolute Gasteiger partial charge is 0.311 e. The Morgan fingerprint density at radius 1 is 1.36 bits per heavy atom. The Bertz CT molecular complexity index is 272. The third-order valence-corrected chi connectivity index (χ3v) is 2.17. The maximum Gasteiger partial charge on any atom is 0.311 e. The number of esters is 1. The van der Waals surface area contributed by atoms with Crippen LogP contribution in [0.5, 0.6) is 0 Å². The predicted molar refractivity (Wildman–Crippen MR) is 49.0 cm³/mol. The molecular formula is C6H14N2O5S. The fourth-order valence-corrected chi connectivity index (χ4v) is 0.948. The van der Waals surface area contributed by atoms with Crippen LogP contribution < -0.4 is 11.5 Å². The van der Waals surface area contributed by atoms with Crippen LogP contribution in [0.25, 0.3) is 0 Å². The van der Waals surface area contributed by atoms with E-state index in [-0.39, 0.29) is 13.1 Å². The Morgan fingerprint density at radius 3 is 2.21 bits per heavy atom. The highest BCUT2D eigenvalue weighted by atomic mass is 32.2. The lowest BCUT2D eigenvalue weighted by molar-refractivity contribution is -0.147. The first-order chi connectivity index (χ1) is 6.40. The van der Waals surface area contributed by atoms with Gasteiger partial charge in [0.2, 0.25) is 0 Å². The minimum Gasteiger partial charge on any atom is -0.464 e. The number of carbonyl (C=O) groups is 1. The van der Waals surface area contributed by atoms with E-state index in [1.165, 1.54) is 0 Å². The van der Waals surface area contributed by atoms with Crippen LogP contribution in [0.3, 0.4) is 0 Å². The van der Waals surface area contributed by atoms with E-state index < -0.39 is 34.4 Å². The Morgan fingerprint density at radius 2 is 1.86 bits per heavy atom. The lowest BCUT2D eigenvalue weighted by atomic mass is 10.1. The second kappa shape index (κ2) is 5.91. The highest BCUT2D eigenvalue weighted by Gasteiger charge is 2.17. The Labute approximate surface area is 82.1 Å². The van der Waals surface area contributed by atoms with Crippen molar-refractivity contribution in [1.29, 1.82) is 0 Å². The number of rotatable bonds is 6. The minimum atomic E-state index is -4.10. The lowest BCUT2D eigenvalue weighted by Crippen LogP contribution is -2.33. The molecule has 0 aromatic carbocycles. The summed E-state index contributed by atoms with van der Waals surface area (Å²) in [6.45, 7) is -0.309. The summed E-state index contributed by atoms with van der Waals surface area (Å²) in [4.78, 5) is 11.0. The molecule has 0 aliphatic heterocycles. The molecule has 0 aliphatic rings. The monoisotopic (exact) mass is 226 g/mol. The average Bonchev–Trinajstić information content (AvgIpc) is 2.04. The van der Waals surface area contributed by atoms with Crippen LogP contribution in [0.15, 0.2) is 0 Å². The van der Waals surface area contributed by atoms with Gasteiger partial charge < -0.3 is 16.2 Å². The van der Waals surface area contributed by atoms with Crippen LogP contribution >= 0.6 is 0 Å². The van der Waals surface area contributed by atoms with Gasteiger partial charge in [-0.25, -0.2) is 0 Å². The molecule has 0 fully saturated rings. The van der Waals surface area contributed by atoms with Crippen LogP contribution in [0.2, 0.25) is 0 Å². The van der Waals surface area contributed by atoms with E-state index in [1.807, 2.05) is 0 Å². The topological polar surface area (TPSA) is 133 Å². The van der Waals surface area contributed by atoms with E-state index in [2.05, 4.69) is 4.74 Å². The summed E-state index contributed by atoms with van der Waals surface area (Å²) in [5, 5.41) is 0. The molecule has 0 aromatic heterocycles. The molecule has 0 aromatic rings. The van der Waals surface area contributed by atoms with E-state index in [0.717, 1.165) is 0 Å². The maximum absolute atomic E-state index is 11.0. The predicted octanol–water partition coefficient (Wildman–Crippen LogP) is -2.05. The molecule has 14 heavy (non-hydrogen) atoms. The second-order valence-electron chi connectivity index (χ2n) is 2.62. The zero-order valence-corrected chi connectivity index (χ0v) is 8.37. The van der Waals surface area contributed by atoms with Gasteiger partial charge in [0.1, 0.15) is 12.4 Å². The second-order valence-corrected chi connectivity index (χ2v) is 4.19. The quantitative estimate of drug-likeness (QED) is 0.350. The van der Waals surface area contributed by atoms with Gasteiger partial charge in [0.15, 0.2) is 0 Å². The molecule has 0 aliphatic carbocycles. The van der Waals surface area contributed by atoms with Crippen molar-refractivity contribution < 1.29 is 22.5 Å². The van der Waals surface area contributed by atoms with Crippen molar-refractivity contribution in [3.05, 3.63) is 0 Å². The molecule has 0 saturated heterocycles. The standard InChI is InChI=1S/C6H14N2O5S/c7-3-5(4-8)6(9)13-1-2-14(10,11)12/h5H,1-4,7-8H2,(H,10,11,12). The van der Waals surface area contributed by atoms with Crippen molar-refractivity contribution in [2.45, 2.75) is 0 Å². The van der Waals surface area contributed by atoms with Crippen LogP contribution in [-0.2, 0) is 19.6 Å². The fraction of sp³-hybridized carbons (Fsp3) is 0.833. The first-order valence-electron chi connectivity index (χ1n) is 3.92. The molecule has 0 unspecified atom stereocenters. The minimum absolute atomic E-state index is 0.0429. The van der Waals surface area contributed by atoms with Crippen LogP contribution in [0, 0.1) is 5.92 Å². The molecule has 0 rings (SSSR count). The fourth-order valence-electron chi connectivity index (χ4n) is 0.654. The van der Waals surface area contributed by atoms with Gasteiger partial charge in [-0.3, -0.25) is 9.35 Å². The number of ether oxygens (including phenoxy) is 1. The summed E-state index contributed by atoms with van der Waals surface area (Å²) < 4.78 is 33.3. The third-order valence-electron chi connectivity index (χ3n) is 1.49. The molecular weight excluding hydrogens is 212 g/mol. The summed E-state index contributed by atoms with van der Waals surface area (Å²) in [6, 6.07) is 0. The van der Waals surface area contributed by atoms with Crippen molar-refractivity contribution in [2.24, 2.45) is 17.4 Å². The largest absolute Gasteiger partial charge is 0.464 e. The molecule has 5 N–H and O–H groups in total. The summed E-state index contributed by atoms with van der Waals surface area (Å²) >= 11 is 0. The van der Waals surface area contributed by atoms with Gasteiger partial charge in [-0.15, -0.1) is 0 Å². The molecule has 0 radical (unpaired) electrons. The zero-order valence-electron chi connectivity index (χ0n) is 7.55. The van der Waals surface area contributed by atoms with Gasteiger partial charge in [0.05, 0.1) is 5.92 Å². The molecule has 0 amide bonds. The zero-order chi connectivity index (χ0) is 11.2. The van der Waals surface area contributed by atoms with E-state index in [4.69, 9.17) is 16.0 Å². The summed E-state index contributed by atoms with van der Waals surface area (Å²) in [7, 11) is -4.10. The number of nitrogens with two attached hydrogens (primary N) is 2. The Balaban J connectivity index is 3.85. The van der Waals surface area contributed by atoms with Gasteiger partial charge in [-0.05, 0) is 0 Å². The maximum atomic E-state index is 11.0. The van der Waals surface area contributed by atoms with Gasteiger partial charge >= 0.3 is 5.97 Å². The SMILES string of the molecule is NCC(CN)C(=O)OCCS(=O)(=O)O. The molecule has 0 heterocycles. The molecule has 0 bridgehead atoms. The van der Waals surface area contributed by atoms with E-state index in [1.54, 1.807) is 0 Å². The van der Waals surface area contributed by atoms with Crippen molar-refractivity contribution in [3.63, 3.8) is 0 Å². The average molecular weight is 226 g/mol. The molecule has 84 valence electrons. The summed E-state index contributed by atoms with van der Waals surface area (Å²) in [5.74, 6) is -1.91. The van der Waals surface area contributed by atoms with Crippen LogP contribution in [0.1, 0.15) is 0 Å². The highest BCUT2D eigenvalue weighted by Crippen LogP contribution is 1.95. The normalized spacial score (nSPS) is 11.7. The third kappa shape index (κ3) is 5.86. The molecule has 0 saturated carbocycles. The van der Waals surface area contributed by atoms with Crippen molar-refractivity contribution >= 4 is 16.1 Å². The van der Waals surface area contributed by atoms with Gasteiger partial charge in [0, 0.05) is 13.1 Å². The Hall–Kier alpha value is -0.700. The van der Waals surface area contributed by atoms with E-state index in [9.17, 15) is 13.2 Å². The molecule has 0 atom stereocenters. The molecule has 7 nitrogen and oxygen atoms in total. The van der Waals surface area contributed by atoms with Gasteiger partial charge in [0.25, 0.3) is 10.1 Å². The van der Waals surface area contributed by atoms with Gasteiger partial charge in [-0.2, -0.15) is 8.42 Å². The van der Waals surface area contributed by atoms with Crippen LogP contribution in [-0.4, -0.2) is 44.4 Å². The molecule has 8 heteroatoms. The first-order valence-corrected chi connectivity index (χ1v) is 5.53. The Kier molecular flexibility index (Phi) is 5.62. The lowest BCUT2D eigenvalue weighted by Gasteiger charge is -2.10. The van der Waals surface area contributed by atoms with Crippen molar-refractivity contribution in [1.82, 2.24) is 0 Å². The van der Waals surface area contributed by atoms with Gasteiger partial charge in [-0.1, -0.05) is 0 Å². The summed E-state index contributed by atoms with van der Waals surface area (Å²) in [5.41, 5.74) is 10.4. The number of hydrogen-bond donors (Lipinski definition) is 3. The van der Waals surface area contributed by atoms with Crippen LogP contribution in [0.4, 0.5) is 0 Å². The van der Waals surface area contributed by atoms with E-state index >= 15 is 0 Å². The first kappa shape index (κ1) is 13.3. The number of carbonyl (C=O) groups excluding carboxylic acids is 1. The van der Waals surface area contributed by atoms with E-state index in [0.29, 0.717) is 0 Å². The molecule has 0 spiro atoms. The summed E-state index contributed by atoms with van der Waals surface area (Å²) in [6.07, 6.45) is 0.